The van der Waals surface area contributed by atoms with Crippen molar-refractivity contribution in [3.05, 3.63) is 35.8 Å². The molecule has 2 aliphatic rings. The monoisotopic (exact) mass is 339 g/mol. The maximum atomic E-state index is 5.78. The molecule has 2 saturated heterocycles. The molecule has 4 heterocycles. The highest BCUT2D eigenvalue weighted by molar-refractivity contribution is 5.62. The molecule has 0 aliphatic carbocycles. The molecular formula is C19H25N5O. The van der Waals surface area contributed by atoms with Gasteiger partial charge in [0.05, 0.1) is 18.4 Å². The Hall–Kier alpha value is -2.05. The van der Waals surface area contributed by atoms with Crippen LogP contribution in [0, 0.1) is 13.8 Å². The number of aryl methyl sites for hydroxylation is 2. The van der Waals surface area contributed by atoms with Gasteiger partial charge in [0.2, 0.25) is 5.95 Å². The summed E-state index contributed by atoms with van der Waals surface area (Å²) in [6.07, 6.45) is 3.22. The Morgan fingerprint density at radius 3 is 2.88 bits per heavy atom. The van der Waals surface area contributed by atoms with Crippen molar-refractivity contribution in [2.45, 2.75) is 45.4 Å². The third kappa shape index (κ3) is 3.50. The molecule has 0 unspecified atom stereocenters. The number of nitrogens with one attached hydrogen (secondary N) is 1. The van der Waals surface area contributed by atoms with Crippen LogP contribution in [0.4, 0.5) is 5.95 Å². The molecule has 3 atom stereocenters. The number of rotatable bonds is 3. The predicted octanol–water partition coefficient (Wildman–Crippen LogP) is 2.43. The number of morpholine rings is 1. The Bertz CT molecular complexity index is 765. The maximum Gasteiger partial charge on any atom is 0.223 e. The molecule has 1 N–H and O–H groups in total. The first-order valence-electron chi connectivity index (χ1n) is 8.98. The van der Waals surface area contributed by atoms with Gasteiger partial charge in [-0.2, -0.15) is 0 Å². The molecule has 2 aromatic rings. The number of ether oxygens (including phenoxy) is 1. The van der Waals surface area contributed by atoms with Crippen LogP contribution in [0.5, 0.6) is 0 Å². The molecule has 0 amide bonds. The zero-order valence-corrected chi connectivity index (χ0v) is 15.1. The third-order valence-corrected chi connectivity index (χ3v) is 5.08. The lowest BCUT2D eigenvalue weighted by molar-refractivity contribution is -0.0390. The van der Waals surface area contributed by atoms with Crippen molar-refractivity contribution in [1.82, 2.24) is 19.9 Å². The largest absolute Gasteiger partial charge is 0.376 e. The van der Waals surface area contributed by atoms with Crippen LogP contribution < -0.4 is 5.32 Å². The standard InChI is InChI=1S/C19H25N5O/c1-12-4-5-17(14(3)21-12)18-6-7-20-19(23-18)22-15-8-16-11-25-13(2)9-24(16)10-15/h4-7,13,15-16H,8-11H2,1-3H3,(H,20,22,23)/t13-,15-,16+/m1/s1. The Kier molecular flexibility index (Phi) is 4.39. The predicted molar refractivity (Wildman–Crippen MR) is 97.5 cm³/mol. The molecule has 4 rings (SSSR count). The van der Waals surface area contributed by atoms with Gasteiger partial charge in [0.1, 0.15) is 0 Å². The number of hydrogen-bond donors (Lipinski definition) is 1. The van der Waals surface area contributed by atoms with E-state index in [1.54, 1.807) is 0 Å². The summed E-state index contributed by atoms with van der Waals surface area (Å²) < 4.78 is 5.78. The summed E-state index contributed by atoms with van der Waals surface area (Å²) in [4.78, 5) is 16.2. The number of pyridine rings is 1. The molecular weight excluding hydrogens is 314 g/mol. The van der Waals surface area contributed by atoms with Crippen LogP contribution in [-0.2, 0) is 4.74 Å². The third-order valence-electron chi connectivity index (χ3n) is 5.08. The van der Waals surface area contributed by atoms with E-state index in [0.29, 0.717) is 24.1 Å². The van der Waals surface area contributed by atoms with Gasteiger partial charge in [0.25, 0.3) is 0 Å². The quantitative estimate of drug-likeness (QED) is 0.927. The van der Waals surface area contributed by atoms with Crippen LogP contribution in [0.1, 0.15) is 24.7 Å². The first-order chi connectivity index (χ1) is 12.1. The summed E-state index contributed by atoms with van der Waals surface area (Å²) in [6.45, 7) is 9.03. The molecule has 0 radical (unpaired) electrons. The van der Waals surface area contributed by atoms with Crippen molar-refractivity contribution >= 4 is 5.95 Å². The van der Waals surface area contributed by atoms with Crippen LogP contribution in [0.2, 0.25) is 0 Å². The van der Waals surface area contributed by atoms with E-state index in [4.69, 9.17) is 9.72 Å². The van der Waals surface area contributed by atoms with Crippen molar-refractivity contribution in [1.29, 1.82) is 0 Å². The van der Waals surface area contributed by atoms with E-state index in [-0.39, 0.29) is 0 Å². The minimum Gasteiger partial charge on any atom is -0.376 e. The van der Waals surface area contributed by atoms with Crippen LogP contribution in [0.15, 0.2) is 24.4 Å². The molecule has 2 fully saturated rings. The zero-order chi connectivity index (χ0) is 17.4. The molecule has 0 saturated carbocycles. The number of nitrogens with zero attached hydrogens (tertiary/aromatic N) is 4. The SMILES string of the molecule is Cc1ccc(-c2ccnc(N[C@@H]3C[C@H]4CO[C@H](C)CN4C3)n2)c(C)n1. The van der Waals surface area contributed by atoms with Crippen molar-refractivity contribution in [2.75, 3.05) is 25.0 Å². The van der Waals surface area contributed by atoms with E-state index in [1.165, 1.54) is 0 Å². The highest BCUT2D eigenvalue weighted by Crippen LogP contribution is 2.26. The van der Waals surface area contributed by atoms with Crippen molar-refractivity contribution in [3.8, 4) is 11.3 Å². The summed E-state index contributed by atoms with van der Waals surface area (Å²) in [5.41, 5.74) is 3.98. The van der Waals surface area contributed by atoms with Crippen LogP contribution in [0.25, 0.3) is 11.3 Å². The molecule has 0 bridgehead atoms. The van der Waals surface area contributed by atoms with E-state index >= 15 is 0 Å². The van der Waals surface area contributed by atoms with Gasteiger partial charge in [0, 0.05) is 48.3 Å². The Balaban J connectivity index is 1.49. The van der Waals surface area contributed by atoms with Gasteiger partial charge in [-0.15, -0.1) is 0 Å². The summed E-state index contributed by atoms with van der Waals surface area (Å²) >= 11 is 0. The zero-order valence-electron chi connectivity index (χ0n) is 15.1. The minimum atomic E-state index is 0.326. The first kappa shape index (κ1) is 16.4. The number of fused-ring (bicyclic) bond motifs is 1. The highest BCUT2D eigenvalue weighted by Gasteiger charge is 2.36. The average molecular weight is 339 g/mol. The van der Waals surface area contributed by atoms with Gasteiger partial charge < -0.3 is 10.1 Å². The highest BCUT2D eigenvalue weighted by atomic mass is 16.5. The van der Waals surface area contributed by atoms with Gasteiger partial charge >= 0.3 is 0 Å². The van der Waals surface area contributed by atoms with Crippen LogP contribution in [0.3, 0.4) is 0 Å². The summed E-state index contributed by atoms with van der Waals surface area (Å²) in [7, 11) is 0. The summed E-state index contributed by atoms with van der Waals surface area (Å²) in [5.74, 6) is 0.691. The van der Waals surface area contributed by atoms with E-state index < -0.39 is 0 Å². The second-order valence-electron chi connectivity index (χ2n) is 7.18. The van der Waals surface area contributed by atoms with Crippen LogP contribution in [-0.4, -0.2) is 57.7 Å². The van der Waals surface area contributed by atoms with Crippen LogP contribution >= 0.6 is 0 Å². The molecule has 6 nitrogen and oxygen atoms in total. The molecule has 6 heteroatoms. The summed E-state index contributed by atoms with van der Waals surface area (Å²) in [5, 5.41) is 3.51. The molecule has 0 spiro atoms. The minimum absolute atomic E-state index is 0.326. The van der Waals surface area contributed by atoms with E-state index in [9.17, 15) is 0 Å². The lowest BCUT2D eigenvalue weighted by Gasteiger charge is -2.33. The average Bonchev–Trinajstić information content (AvgIpc) is 2.96. The van der Waals surface area contributed by atoms with Crippen molar-refractivity contribution < 1.29 is 4.74 Å². The Morgan fingerprint density at radius 2 is 2.04 bits per heavy atom. The molecule has 0 aromatic carbocycles. The normalized spacial score (nSPS) is 26.4. The second-order valence-corrected chi connectivity index (χ2v) is 7.18. The van der Waals surface area contributed by atoms with Gasteiger partial charge in [0.15, 0.2) is 0 Å². The second kappa shape index (κ2) is 6.69. The molecule has 132 valence electrons. The van der Waals surface area contributed by atoms with Crippen molar-refractivity contribution in [2.24, 2.45) is 0 Å². The maximum absolute atomic E-state index is 5.78. The molecule has 25 heavy (non-hydrogen) atoms. The Morgan fingerprint density at radius 1 is 1.16 bits per heavy atom. The molecule has 2 aliphatic heterocycles. The lowest BCUT2D eigenvalue weighted by Crippen LogP contribution is -2.45. The fourth-order valence-electron chi connectivity index (χ4n) is 3.86. The fraction of sp³-hybridized carbons (Fsp3) is 0.526. The Labute approximate surface area is 148 Å². The van der Waals surface area contributed by atoms with Gasteiger partial charge in [-0.05, 0) is 45.4 Å². The number of anilines is 1. The first-order valence-corrected chi connectivity index (χ1v) is 8.98. The summed E-state index contributed by atoms with van der Waals surface area (Å²) in [6, 6.07) is 6.93. The number of aromatic nitrogens is 3. The van der Waals surface area contributed by atoms with E-state index in [0.717, 1.165) is 48.8 Å². The van der Waals surface area contributed by atoms with Gasteiger partial charge in [-0.3, -0.25) is 9.88 Å². The fourth-order valence-corrected chi connectivity index (χ4v) is 3.86. The molecule has 2 aromatic heterocycles. The van der Waals surface area contributed by atoms with E-state index in [2.05, 4.69) is 33.2 Å². The van der Waals surface area contributed by atoms with Crippen molar-refractivity contribution in [3.63, 3.8) is 0 Å². The number of hydrogen-bond acceptors (Lipinski definition) is 6. The smallest absolute Gasteiger partial charge is 0.223 e. The van der Waals surface area contributed by atoms with E-state index in [1.807, 2.05) is 32.2 Å². The van der Waals surface area contributed by atoms with Gasteiger partial charge in [-0.25, -0.2) is 9.97 Å². The lowest BCUT2D eigenvalue weighted by atomic mass is 10.1. The topological polar surface area (TPSA) is 63.2 Å². The van der Waals surface area contributed by atoms with Gasteiger partial charge in [-0.1, -0.05) is 0 Å².